The fourth-order valence-corrected chi connectivity index (χ4v) is 8.91. The number of fused-ring (bicyclic) bond motifs is 7. The summed E-state index contributed by atoms with van der Waals surface area (Å²) in [5.74, 6) is -1.07. The molecule has 3 saturated carbocycles. The maximum Gasteiger partial charge on any atom is 0.311 e. The lowest BCUT2D eigenvalue weighted by Gasteiger charge is -2.69. The van der Waals surface area contributed by atoms with Gasteiger partial charge in [-0.3, -0.25) is 14.4 Å². The fraction of sp³-hybridized carbons (Fsp3) is 0.633. The number of ketones is 1. The first-order valence-corrected chi connectivity index (χ1v) is 13.1. The first kappa shape index (κ1) is 25.0. The first-order valence-electron chi connectivity index (χ1n) is 13.1. The predicted octanol–water partition coefficient (Wildman–Crippen LogP) is 5.88. The molecule has 0 spiro atoms. The van der Waals surface area contributed by atoms with E-state index in [0.717, 1.165) is 50.5 Å². The topological polar surface area (TPSA) is 101 Å². The predicted molar refractivity (Wildman–Crippen MR) is 135 cm³/mol. The summed E-state index contributed by atoms with van der Waals surface area (Å²) in [4.78, 5) is 38.2. The number of methoxy groups -OCH3 is 1. The van der Waals surface area contributed by atoms with Gasteiger partial charge in [0.25, 0.3) is 0 Å². The average molecular weight is 495 g/mol. The molecule has 36 heavy (non-hydrogen) atoms. The van der Waals surface area contributed by atoms with Crippen LogP contribution in [0.25, 0.3) is 0 Å². The third kappa shape index (κ3) is 2.87. The summed E-state index contributed by atoms with van der Waals surface area (Å²) in [6.07, 6.45) is 8.32. The molecule has 1 aromatic rings. The minimum absolute atomic E-state index is 0.113. The van der Waals surface area contributed by atoms with Crippen molar-refractivity contribution in [2.45, 2.75) is 85.0 Å². The van der Waals surface area contributed by atoms with E-state index >= 15 is 0 Å². The van der Waals surface area contributed by atoms with E-state index < -0.39 is 16.6 Å². The Morgan fingerprint density at radius 3 is 2.33 bits per heavy atom. The number of phenols is 2. The Kier molecular flexibility index (Phi) is 5.18. The zero-order chi connectivity index (χ0) is 26.5. The number of aromatic hydroxyl groups is 2. The van der Waals surface area contributed by atoms with Crippen LogP contribution >= 0.6 is 0 Å². The summed E-state index contributed by atoms with van der Waals surface area (Å²) in [5, 5.41) is 20.8. The van der Waals surface area contributed by atoms with Crippen molar-refractivity contribution >= 4 is 18.0 Å². The lowest BCUT2D eigenvalue weighted by Crippen LogP contribution is -2.62. The van der Waals surface area contributed by atoms with Gasteiger partial charge in [-0.1, -0.05) is 27.7 Å². The van der Waals surface area contributed by atoms with Crippen molar-refractivity contribution in [3.63, 3.8) is 0 Å². The Morgan fingerprint density at radius 2 is 1.69 bits per heavy atom. The van der Waals surface area contributed by atoms with Crippen molar-refractivity contribution in [1.29, 1.82) is 0 Å². The molecule has 6 nitrogen and oxygen atoms in total. The highest BCUT2D eigenvalue weighted by molar-refractivity contribution is 6.13. The van der Waals surface area contributed by atoms with Gasteiger partial charge in [-0.25, -0.2) is 0 Å². The maximum atomic E-state index is 13.5. The van der Waals surface area contributed by atoms with Gasteiger partial charge in [-0.15, -0.1) is 0 Å². The van der Waals surface area contributed by atoms with E-state index in [-0.39, 0.29) is 50.8 Å². The smallest absolute Gasteiger partial charge is 0.311 e. The molecule has 0 bridgehead atoms. The number of hydrogen-bond acceptors (Lipinski definition) is 6. The number of esters is 1. The van der Waals surface area contributed by atoms with Crippen molar-refractivity contribution in [2.75, 3.05) is 7.11 Å². The summed E-state index contributed by atoms with van der Waals surface area (Å²) < 4.78 is 5.23. The second kappa shape index (κ2) is 7.45. The number of carbonyl (C=O) groups is 3. The van der Waals surface area contributed by atoms with Gasteiger partial charge in [0.05, 0.1) is 18.1 Å². The van der Waals surface area contributed by atoms with Crippen LogP contribution < -0.4 is 0 Å². The summed E-state index contributed by atoms with van der Waals surface area (Å²) >= 11 is 0. The van der Waals surface area contributed by atoms with Crippen molar-refractivity contribution < 1.29 is 29.3 Å². The highest BCUT2D eigenvalue weighted by Gasteiger charge is 2.67. The standard InChI is InChI=1S/C30H38O6/c1-26-7-8-27(2,25(35)36-6)15-22(26)30(5)12-10-28(3)18-13-20(33)24(34)17(16-31)23(18)19(32)14-21(28)29(30,4)11-9-26/h13-14,16,22,33-34H,7-12,15H2,1-6H3/t22-,26-,27-,28+,29-,30+/m1/s1. The Hall–Kier alpha value is -2.63. The largest absolute Gasteiger partial charge is 0.504 e. The molecule has 1 aromatic carbocycles. The molecule has 0 amide bonds. The summed E-state index contributed by atoms with van der Waals surface area (Å²) in [6.45, 7) is 11.1. The Labute approximate surface area is 213 Å². The van der Waals surface area contributed by atoms with E-state index in [1.54, 1.807) is 6.08 Å². The molecule has 0 radical (unpaired) electrons. The van der Waals surface area contributed by atoms with Gasteiger partial charge >= 0.3 is 5.97 Å². The van der Waals surface area contributed by atoms with Gasteiger partial charge in [0, 0.05) is 11.0 Å². The number of aldehydes is 1. The number of benzene rings is 1. The van der Waals surface area contributed by atoms with E-state index in [1.807, 2.05) is 6.92 Å². The second-order valence-corrected chi connectivity index (χ2v) is 13.2. The monoisotopic (exact) mass is 494 g/mol. The minimum atomic E-state index is -0.547. The lowest BCUT2D eigenvalue weighted by atomic mass is 9.34. The molecular formula is C30H38O6. The fourth-order valence-electron chi connectivity index (χ4n) is 8.91. The molecule has 5 rings (SSSR count). The van der Waals surface area contributed by atoms with Gasteiger partial charge in [0.15, 0.2) is 23.6 Å². The molecule has 0 saturated heterocycles. The van der Waals surface area contributed by atoms with Crippen LogP contribution in [0.3, 0.4) is 0 Å². The van der Waals surface area contributed by atoms with E-state index in [9.17, 15) is 24.6 Å². The zero-order valence-corrected chi connectivity index (χ0v) is 22.3. The minimum Gasteiger partial charge on any atom is -0.504 e. The molecular weight excluding hydrogens is 456 g/mol. The molecule has 2 N–H and O–H groups in total. The third-order valence-corrected chi connectivity index (χ3v) is 11.5. The van der Waals surface area contributed by atoms with Gasteiger partial charge in [-0.05, 0) is 97.3 Å². The third-order valence-electron chi connectivity index (χ3n) is 11.5. The van der Waals surface area contributed by atoms with E-state index in [2.05, 4.69) is 27.7 Å². The SMILES string of the molecule is COC(=O)[C@]1(C)CC[C@]2(C)CC[C@]3(C)C4=CC(=O)c5c(cc(O)c(O)c5C=O)[C@]4(C)CC[C@@]3(C)[C@@H]2C1. The van der Waals surface area contributed by atoms with Gasteiger partial charge in [0.2, 0.25) is 0 Å². The van der Waals surface area contributed by atoms with Crippen LogP contribution in [0.5, 0.6) is 11.5 Å². The van der Waals surface area contributed by atoms with Crippen LogP contribution in [0, 0.1) is 27.6 Å². The molecule has 4 aliphatic rings. The zero-order valence-electron chi connectivity index (χ0n) is 22.3. The number of rotatable bonds is 2. The quantitative estimate of drug-likeness (QED) is 0.303. The van der Waals surface area contributed by atoms with Crippen molar-refractivity contribution in [3.8, 4) is 11.5 Å². The Morgan fingerprint density at radius 1 is 1.03 bits per heavy atom. The Bertz CT molecular complexity index is 1230. The van der Waals surface area contributed by atoms with Crippen LogP contribution in [0.1, 0.15) is 106 Å². The molecule has 6 heteroatoms. The number of carbonyl (C=O) groups excluding carboxylic acids is 3. The number of phenolic OH excluding ortho intramolecular Hbond substituents is 2. The Balaban J connectivity index is 1.67. The second-order valence-electron chi connectivity index (χ2n) is 13.2. The van der Waals surface area contributed by atoms with Crippen LogP contribution in [-0.2, 0) is 14.9 Å². The molecule has 0 aromatic heterocycles. The maximum absolute atomic E-state index is 13.5. The highest BCUT2D eigenvalue weighted by Crippen LogP contribution is 2.74. The lowest BCUT2D eigenvalue weighted by molar-refractivity contribution is -0.179. The van der Waals surface area contributed by atoms with Crippen molar-refractivity contribution in [2.24, 2.45) is 27.6 Å². The number of hydrogen-bond donors (Lipinski definition) is 2. The highest BCUT2D eigenvalue weighted by atomic mass is 16.5. The molecule has 3 fully saturated rings. The van der Waals surface area contributed by atoms with Crippen LogP contribution in [-0.4, -0.2) is 35.4 Å². The van der Waals surface area contributed by atoms with E-state index in [0.29, 0.717) is 11.8 Å². The van der Waals surface area contributed by atoms with Crippen LogP contribution in [0.15, 0.2) is 17.7 Å². The first-order chi connectivity index (χ1) is 16.7. The molecule has 194 valence electrons. The van der Waals surface area contributed by atoms with Gasteiger partial charge in [-0.2, -0.15) is 0 Å². The molecule has 0 heterocycles. The molecule has 0 aliphatic heterocycles. The molecule has 6 atom stereocenters. The van der Waals surface area contributed by atoms with E-state index in [1.165, 1.54) is 13.2 Å². The van der Waals surface area contributed by atoms with Crippen molar-refractivity contribution in [3.05, 3.63) is 34.4 Å². The molecule has 0 unspecified atom stereocenters. The number of ether oxygens (including phenoxy) is 1. The van der Waals surface area contributed by atoms with Crippen LogP contribution in [0.2, 0.25) is 0 Å². The normalized spacial score (nSPS) is 41.2. The van der Waals surface area contributed by atoms with Gasteiger partial charge in [0.1, 0.15) is 0 Å². The van der Waals surface area contributed by atoms with Crippen LogP contribution in [0.4, 0.5) is 0 Å². The molecule has 4 aliphatic carbocycles. The van der Waals surface area contributed by atoms with Gasteiger partial charge < -0.3 is 14.9 Å². The summed E-state index contributed by atoms with van der Waals surface area (Å²) in [7, 11) is 1.47. The van der Waals surface area contributed by atoms with E-state index in [4.69, 9.17) is 4.74 Å². The number of allylic oxidation sites excluding steroid dienone is 2. The average Bonchev–Trinajstić information content (AvgIpc) is 2.84. The van der Waals surface area contributed by atoms with Crippen molar-refractivity contribution in [1.82, 2.24) is 0 Å². The summed E-state index contributed by atoms with van der Waals surface area (Å²) in [6, 6.07) is 1.48. The summed E-state index contributed by atoms with van der Waals surface area (Å²) in [5.41, 5.74) is 0.337.